The molecule has 0 aromatic heterocycles. The maximum absolute atomic E-state index is 3.72. The summed E-state index contributed by atoms with van der Waals surface area (Å²) in [7, 11) is 0. The Kier molecular flexibility index (Phi) is 3.05. The standard InChI is InChI=1S/C23H19N/c1-2-10-17-19-12-6-8-16-9-7-13-20(23(16)19)18-11-4-5-15-22(18)24-21(17)14-3-1/h4-15,24H,1-3H2. The summed E-state index contributed by atoms with van der Waals surface area (Å²) < 4.78 is 0. The van der Waals surface area contributed by atoms with Crippen LogP contribution >= 0.6 is 0 Å². The van der Waals surface area contributed by atoms with E-state index in [1.807, 2.05) is 0 Å². The van der Waals surface area contributed by atoms with Gasteiger partial charge in [0, 0.05) is 22.5 Å². The summed E-state index contributed by atoms with van der Waals surface area (Å²) in [5, 5.41) is 6.40. The van der Waals surface area contributed by atoms with E-state index in [1.54, 1.807) is 0 Å². The molecule has 0 radical (unpaired) electrons. The van der Waals surface area contributed by atoms with Crippen LogP contribution < -0.4 is 5.32 Å². The topological polar surface area (TPSA) is 12.0 Å². The number of allylic oxidation sites excluding steroid dienone is 3. The lowest BCUT2D eigenvalue weighted by atomic mass is 9.88. The maximum Gasteiger partial charge on any atom is 0.0464 e. The highest BCUT2D eigenvalue weighted by Gasteiger charge is 2.20. The van der Waals surface area contributed by atoms with E-state index < -0.39 is 0 Å². The molecule has 1 heterocycles. The zero-order chi connectivity index (χ0) is 15.9. The molecule has 1 N–H and O–H groups in total. The van der Waals surface area contributed by atoms with Crippen LogP contribution in [0, 0.1) is 0 Å². The molecule has 0 fully saturated rings. The Morgan fingerprint density at radius 2 is 1.42 bits per heavy atom. The van der Waals surface area contributed by atoms with Gasteiger partial charge in [-0.2, -0.15) is 0 Å². The molecular formula is C23H19N. The lowest BCUT2D eigenvalue weighted by Crippen LogP contribution is -2.07. The summed E-state index contributed by atoms with van der Waals surface area (Å²) in [4.78, 5) is 0. The predicted molar refractivity (Wildman–Crippen MR) is 103 cm³/mol. The van der Waals surface area contributed by atoms with Gasteiger partial charge in [0.1, 0.15) is 0 Å². The van der Waals surface area contributed by atoms with Crippen molar-refractivity contribution in [3.8, 4) is 11.1 Å². The SMILES string of the molecule is C1=C2Nc3ccccc3-c3cccc4cccc(c34)C2=CCCC1. The van der Waals surface area contributed by atoms with Crippen molar-refractivity contribution >= 4 is 22.0 Å². The minimum atomic E-state index is 1.13. The molecule has 1 heteroatoms. The monoisotopic (exact) mass is 309 g/mol. The van der Waals surface area contributed by atoms with Gasteiger partial charge in [-0.3, -0.25) is 0 Å². The van der Waals surface area contributed by atoms with Gasteiger partial charge >= 0.3 is 0 Å². The van der Waals surface area contributed by atoms with E-state index in [1.165, 1.54) is 50.8 Å². The average molecular weight is 309 g/mol. The van der Waals surface area contributed by atoms with Crippen molar-refractivity contribution in [2.24, 2.45) is 0 Å². The molecule has 2 aliphatic rings. The molecule has 1 aliphatic heterocycles. The number of rotatable bonds is 0. The van der Waals surface area contributed by atoms with E-state index in [9.17, 15) is 0 Å². The van der Waals surface area contributed by atoms with E-state index in [0.717, 1.165) is 12.8 Å². The van der Waals surface area contributed by atoms with Gasteiger partial charge < -0.3 is 5.32 Å². The van der Waals surface area contributed by atoms with Crippen LogP contribution in [-0.4, -0.2) is 0 Å². The molecule has 0 atom stereocenters. The first-order valence-corrected chi connectivity index (χ1v) is 8.71. The van der Waals surface area contributed by atoms with Crippen molar-refractivity contribution in [1.82, 2.24) is 0 Å². The number of hydrogen-bond donors (Lipinski definition) is 1. The van der Waals surface area contributed by atoms with Gasteiger partial charge in [-0.05, 0) is 47.2 Å². The molecule has 0 bridgehead atoms. The Hall–Kier alpha value is -2.80. The zero-order valence-electron chi connectivity index (χ0n) is 13.5. The second kappa shape index (κ2) is 5.38. The fourth-order valence-electron chi connectivity index (χ4n) is 3.97. The van der Waals surface area contributed by atoms with Gasteiger partial charge in [0.25, 0.3) is 0 Å². The molecule has 3 aromatic carbocycles. The fraction of sp³-hybridized carbons (Fsp3) is 0.130. The molecule has 0 saturated carbocycles. The molecular weight excluding hydrogens is 290 g/mol. The van der Waals surface area contributed by atoms with Gasteiger partial charge in [-0.25, -0.2) is 0 Å². The Balaban J connectivity index is 1.96. The summed E-state index contributed by atoms with van der Waals surface area (Å²) >= 11 is 0. The molecule has 0 spiro atoms. The van der Waals surface area contributed by atoms with Crippen molar-refractivity contribution in [3.63, 3.8) is 0 Å². The van der Waals surface area contributed by atoms with Gasteiger partial charge in [-0.1, -0.05) is 66.7 Å². The van der Waals surface area contributed by atoms with Crippen molar-refractivity contribution in [3.05, 3.63) is 84.1 Å². The van der Waals surface area contributed by atoms with E-state index in [0.29, 0.717) is 0 Å². The van der Waals surface area contributed by atoms with Crippen LogP contribution in [0.1, 0.15) is 24.8 Å². The minimum Gasteiger partial charge on any atom is -0.355 e. The zero-order valence-corrected chi connectivity index (χ0v) is 13.5. The first-order valence-electron chi connectivity index (χ1n) is 8.71. The minimum absolute atomic E-state index is 1.13. The maximum atomic E-state index is 3.72. The van der Waals surface area contributed by atoms with Crippen LogP contribution in [-0.2, 0) is 0 Å². The Labute approximate surface area is 142 Å². The van der Waals surface area contributed by atoms with Crippen LogP contribution in [0.2, 0.25) is 0 Å². The number of para-hydroxylation sites is 1. The second-order valence-corrected chi connectivity index (χ2v) is 6.55. The Bertz CT molecular complexity index is 1000. The lowest BCUT2D eigenvalue weighted by molar-refractivity contribution is 0.875. The second-order valence-electron chi connectivity index (χ2n) is 6.55. The summed E-state index contributed by atoms with van der Waals surface area (Å²) in [5.74, 6) is 0. The van der Waals surface area contributed by atoms with Crippen molar-refractivity contribution in [2.75, 3.05) is 5.32 Å². The van der Waals surface area contributed by atoms with Gasteiger partial charge in [-0.15, -0.1) is 0 Å². The van der Waals surface area contributed by atoms with Crippen LogP contribution in [0.15, 0.2) is 78.5 Å². The third-order valence-corrected chi connectivity index (χ3v) is 5.08. The molecule has 0 unspecified atom stereocenters. The number of benzene rings is 3. The van der Waals surface area contributed by atoms with Gasteiger partial charge in [0.05, 0.1) is 0 Å². The highest BCUT2D eigenvalue weighted by Crippen LogP contribution is 2.43. The van der Waals surface area contributed by atoms with Crippen LogP contribution in [0.4, 0.5) is 5.69 Å². The van der Waals surface area contributed by atoms with Crippen LogP contribution in [0.3, 0.4) is 0 Å². The summed E-state index contributed by atoms with van der Waals surface area (Å²) in [6, 6.07) is 22.0. The third kappa shape index (κ3) is 2.01. The van der Waals surface area contributed by atoms with E-state index in [4.69, 9.17) is 0 Å². The van der Waals surface area contributed by atoms with Crippen molar-refractivity contribution in [1.29, 1.82) is 0 Å². The smallest absolute Gasteiger partial charge is 0.0464 e. The highest BCUT2D eigenvalue weighted by atomic mass is 14.9. The Morgan fingerprint density at radius 1 is 0.667 bits per heavy atom. The van der Waals surface area contributed by atoms with Gasteiger partial charge in [0.2, 0.25) is 0 Å². The van der Waals surface area contributed by atoms with E-state index in [-0.39, 0.29) is 0 Å². The average Bonchev–Trinajstić information content (AvgIpc) is 2.85. The molecule has 1 nitrogen and oxygen atoms in total. The van der Waals surface area contributed by atoms with Crippen LogP contribution in [0.5, 0.6) is 0 Å². The molecule has 1 aliphatic carbocycles. The summed E-state index contributed by atoms with van der Waals surface area (Å²) in [5.41, 5.74) is 7.73. The molecule has 116 valence electrons. The normalized spacial score (nSPS) is 15.8. The highest BCUT2D eigenvalue weighted by molar-refractivity contribution is 6.09. The van der Waals surface area contributed by atoms with Crippen molar-refractivity contribution < 1.29 is 0 Å². The number of nitrogens with one attached hydrogen (secondary N) is 1. The molecule has 3 aromatic rings. The number of fused-ring (bicyclic) bond motifs is 4. The third-order valence-electron chi connectivity index (χ3n) is 5.08. The summed E-state index contributed by atoms with van der Waals surface area (Å²) in [6.45, 7) is 0. The summed E-state index contributed by atoms with van der Waals surface area (Å²) in [6.07, 6.45) is 8.25. The first-order chi connectivity index (χ1) is 11.9. The van der Waals surface area contributed by atoms with E-state index in [2.05, 4.69) is 78.1 Å². The first kappa shape index (κ1) is 13.6. The quantitative estimate of drug-likeness (QED) is 0.508. The van der Waals surface area contributed by atoms with Crippen molar-refractivity contribution in [2.45, 2.75) is 19.3 Å². The number of anilines is 1. The lowest BCUT2D eigenvalue weighted by Gasteiger charge is -2.24. The fourth-order valence-corrected chi connectivity index (χ4v) is 3.97. The molecule has 24 heavy (non-hydrogen) atoms. The largest absolute Gasteiger partial charge is 0.355 e. The van der Waals surface area contributed by atoms with Gasteiger partial charge in [0.15, 0.2) is 0 Å². The molecule has 0 amide bonds. The number of hydrogen-bond acceptors (Lipinski definition) is 1. The van der Waals surface area contributed by atoms with Crippen LogP contribution in [0.25, 0.3) is 27.5 Å². The Morgan fingerprint density at radius 3 is 2.33 bits per heavy atom. The predicted octanol–water partition coefficient (Wildman–Crippen LogP) is 6.38. The molecule has 0 saturated heterocycles. The molecule has 5 rings (SSSR count). The van der Waals surface area contributed by atoms with E-state index >= 15 is 0 Å².